The Hall–Kier alpha value is -1.78. The number of nitrogens with zero attached hydrogens (tertiary/aromatic N) is 2. The fourth-order valence-corrected chi connectivity index (χ4v) is 2.81. The molecule has 158 valence electrons. The van der Waals surface area contributed by atoms with Crippen molar-refractivity contribution in [2.45, 2.75) is 32.2 Å². The number of nitrogens with one attached hydrogen (secondary N) is 2. The third-order valence-corrected chi connectivity index (χ3v) is 4.28. The maximum atomic E-state index is 12.8. The van der Waals surface area contributed by atoms with Gasteiger partial charge in [-0.2, -0.15) is 0 Å². The van der Waals surface area contributed by atoms with E-state index in [1.54, 1.807) is 24.1 Å². The number of likely N-dealkylation sites (tertiary alicyclic amines) is 1. The zero-order valence-electron chi connectivity index (χ0n) is 16.4. The van der Waals surface area contributed by atoms with Gasteiger partial charge in [-0.1, -0.05) is 0 Å². The minimum absolute atomic E-state index is 0. The molecule has 2 rings (SSSR count). The summed E-state index contributed by atoms with van der Waals surface area (Å²) in [6.07, 6.45) is 2.26. The Morgan fingerprint density at radius 1 is 1.29 bits per heavy atom. The third-order valence-electron chi connectivity index (χ3n) is 4.28. The fourth-order valence-electron chi connectivity index (χ4n) is 2.81. The van der Waals surface area contributed by atoms with Crippen molar-refractivity contribution in [3.8, 4) is 5.75 Å². The van der Waals surface area contributed by atoms with Crippen molar-refractivity contribution in [1.82, 2.24) is 15.5 Å². The quantitative estimate of drug-likeness (QED) is 0.257. The van der Waals surface area contributed by atoms with Gasteiger partial charge in [0.05, 0.1) is 13.2 Å². The van der Waals surface area contributed by atoms with Crippen LogP contribution in [-0.2, 0) is 4.74 Å². The number of carbonyl (C=O) groups is 1. The number of aliphatic imine (C=N–C) groups is 1. The van der Waals surface area contributed by atoms with Crippen molar-refractivity contribution in [3.05, 3.63) is 30.1 Å². The van der Waals surface area contributed by atoms with Crippen molar-refractivity contribution in [2.24, 2.45) is 4.99 Å². The molecule has 9 heteroatoms. The smallest absolute Gasteiger partial charge is 0.409 e. The molecule has 0 bridgehead atoms. The Morgan fingerprint density at radius 3 is 2.57 bits per heavy atom. The van der Waals surface area contributed by atoms with Gasteiger partial charge in [-0.05, 0) is 50.5 Å². The molecular weight excluding hydrogens is 478 g/mol. The average Bonchev–Trinajstić information content (AvgIpc) is 2.69. The number of benzene rings is 1. The number of piperidine rings is 1. The van der Waals surface area contributed by atoms with Gasteiger partial charge in [0.25, 0.3) is 0 Å². The predicted octanol–water partition coefficient (Wildman–Crippen LogP) is 3.00. The molecule has 0 aromatic heterocycles. The van der Waals surface area contributed by atoms with Crippen LogP contribution in [-0.4, -0.2) is 62.9 Å². The number of rotatable bonds is 7. The number of amides is 1. The summed E-state index contributed by atoms with van der Waals surface area (Å²) >= 11 is 0. The lowest BCUT2D eigenvalue weighted by Gasteiger charge is -2.32. The molecule has 1 aromatic rings. The highest BCUT2D eigenvalue weighted by molar-refractivity contribution is 14.0. The van der Waals surface area contributed by atoms with E-state index in [0.717, 1.165) is 25.2 Å². The summed E-state index contributed by atoms with van der Waals surface area (Å²) in [6, 6.07) is 6.27. The van der Waals surface area contributed by atoms with Gasteiger partial charge in [0.1, 0.15) is 11.6 Å². The molecule has 0 radical (unpaired) electrons. The van der Waals surface area contributed by atoms with Gasteiger partial charge >= 0.3 is 6.09 Å². The highest BCUT2D eigenvalue weighted by atomic mass is 127. The first kappa shape index (κ1) is 24.3. The second-order valence-electron chi connectivity index (χ2n) is 6.26. The summed E-state index contributed by atoms with van der Waals surface area (Å²) in [7, 11) is 1.73. The molecule has 0 atom stereocenters. The van der Waals surface area contributed by atoms with Crippen molar-refractivity contribution in [1.29, 1.82) is 0 Å². The van der Waals surface area contributed by atoms with Crippen LogP contribution in [0.3, 0.4) is 0 Å². The molecule has 1 saturated heterocycles. The molecule has 1 aromatic carbocycles. The summed E-state index contributed by atoms with van der Waals surface area (Å²) in [5.41, 5.74) is 0. The minimum atomic E-state index is -0.271. The van der Waals surface area contributed by atoms with E-state index in [1.807, 2.05) is 6.92 Å². The molecule has 0 spiro atoms. The lowest BCUT2D eigenvalue weighted by Crippen LogP contribution is -2.50. The molecule has 1 heterocycles. The van der Waals surface area contributed by atoms with Crippen molar-refractivity contribution in [2.75, 3.05) is 39.9 Å². The first-order chi connectivity index (χ1) is 13.1. The first-order valence-electron chi connectivity index (χ1n) is 9.39. The van der Waals surface area contributed by atoms with E-state index >= 15 is 0 Å². The third kappa shape index (κ3) is 8.49. The van der Waals surface area contributed by atoms with Gasteiger partial charge in [-0.25, -0.2) is 9.18 Å². The van der Waals surface area contributed by atoms with Gasteiger partial charge in [-0.3, -0.25) is 4.99 Å². The molecule has 2 N–H and O–H groups in total. The molecule has 1 amide bonds. The van der Waals surface area contributed by atoms with Gasteiger partial charge in [-0.15, -0.1) is 24.0 Å². The molecular formula is C19H30FIN4O3. The van der Waals surface area contributed by atoms with E-state index in [9.17, 15) is 9.18 Å². The molecule has 28 heavy (non-hydrogen) atoms. The topological polar surface area (TPSA) is 75.2 Å². The second kappa shape index (κ2) is 13.4. The summed E-state index contributed by atoms with van der Waals surface area (Å²) < 4.78 is 23.4. The highest BCUT2D eigenvalue weighted by Gasteiger charge is 2.23. The summed E-state index contributed by atoms with van der Waals surface area (Å²) in [5.74, 6) is 1.13. The van der Waals surface area contributed by atoms with Crippen LogP contribution in [0, 0.1) is 5.82 Å². The number of guanidine groups is 1. The van der Waals surface area contributed by atoms with Crippen molar-refractivity contribution in [3.63, 3.8) is 0 Å². The van der Waals surface area contributed by atoms with Crippen LogP contribution in [0.5, 0.6) is 5.75 Å². The van der Waals surface area contributed by atoms with Crippen LogP contribution in [0.15, 0.2) is 29.3 Å². The number of ether oxygens (including phenoxy) is 2. The van der Waals surface area contributed by atoms with Crippen LogP contribution in [0.4, 0.5) is 9.18 Å². The molecule has 1 fully saturated rings. The minimum Gasteiger partial charge on any atom is -0.494 e. The predicted molar refractivity (Wildman–Crippen MR) is 118 cm³/mol. The van der Waals surface area contributed by atoms with Crippen LogP contribution >= 0.6 is 24.0 Å². The maximum absolute atomic E-state index is 12.8. The van der Waals surface area contributed by atoms with Gasteiger partial charge in [0.15, 0.2) is 5.96 Å². The van der Waals surface area contributed by atoms with E-state index in [2.05, 4.69) is 15.6 Å². The van der Waals surface area contributed by atoms with E-state index in [-0.39, 0.29) is 41.9 Å². The summed E-state index contributed by atoms with van der Waals surface area (Å²) in [6.45, 7) is 4.82. The molecule has 0 saturated carbocycles. The zero-order chi connectivity index (χ0) is 19.5. The van der Waals surface area contributed by atoms with E-state index < -0.39 is 0 Å². The molecule has 0 unspecified atom stereocenters. The Labute approximate surface area is 183 Å². The van der Waals surface area contributed by atoms with E-state index in [4.69, 9.17) is 9.47 Å². The van der Waals surface area contributed by atoms with Crippen LogP contribution in [0.25, 0.3) is 0 Å². The zero-order valence-corrected chi connectivity index (χ0v) is 18.8. The largest absolute Gasteiger partial charge is 0.494 e. The Balaban J connectivity index is 0.00000392. The lowest BCUT2D eigenvalue weighted by atomic mass is 10.1. The standard InChI is InChI=1S/C19H29FN4O3.HI/c1-3-26-19(25)24-12-9-16(10-13-24)23-18(21-2)22-11-4-14-27-17-7-5-15(20)6-8-17;/h5-8,16H,3-4,9-14H2,1-2H3,(H2,21,22,23);1H. The molecule has 7 nitrogen and oxygen atoms in total. The number of hydrogen-bond acceptors (Lipinski definition) is 4. The first-order valence-corrected chi connectivity index (χ1v) is 9.39. The highest BCUT2D eigenvalue weighted by Crippen LogP contribution is 2.12. The molecule has 0 aliphatic carbocycles. The maximum Gasteiger partial charge on any atom is 0.409 e. The molecule has 1 aliphatic heterocycles. The fraction of sp³-hybridized carbons (Fsp3) is 0.579. The normalized spacial score (nSPS) is 14.8. The Bertz CT molecular complexity index is 608. The summed E-state index contributed by atoms with van der Waals surface area (Å²) in [5, 5.41) is 6.65. The second-order valence-corrected chi connectivity index (χ2v) is 6.26. The van der Waals surface area contributed by atoms with Crippen LogP contribution < -0.4 is 15.4 Å². The lowest BCUT2D eigenvalue weighted by molar-refractivity contribution is 0.0963. The van der Waals surface area contributed by atoms with Crippen molar-refractivity contribution >= 4 is 36.0 Å². The van der Waals surface area contributed by atoms with E-state index in [1.165, 1.54) is 12.1 Å². The van der Waals surface area contributed by atoms with Crippen LogP contribution in [0.1, 0.15) is 26.2 Å². The Morgan fingerprint density at radius 2 is 1.96 bits per heavy atom. The van der Waals surface area contributed by atoms with Gasteiger partial charge < -0.3 is 25.0 Å². The summed E-state index contributed by atoms with van der Waals surface area (Å²) in [4.78, 5) is 17.7. The van der Waals surface area contributed by atoms with Gasteiger partial charge in [0, 0.05) is 32.7 Å². The number of halogens is 2. The Kier molecular flexibility index (Phi) is 11.6. The number of hydrogen-bond donors (Lipinski definition) is 2. The van der Waals surface area contributed by atoms with E-state index in [0.29, 0.717) is 38.6 Å². The SMILES string of the molecule is CCOC(=O)N1CCC(NC(=NC)NCCCOc2ccc(F)cc2)CC1.I. The van der Waals surface area contributed by atoms with Crippen LogP contribution in [0.2, 0.25) is 0 Å². The van der Waals surface area contributed by atoms with Crippen molar-refractivity contribution < 1.29 is 18.7 Å². The molecule has 1 aliphatic rings. The van der Waals surface area contributed by atoms with Gasteiger partial charge in [0.2, 0.25) is 0 Å². The number of carbonyl (C=O) groups excluding carboxylic acids is 1. The average molecular weight is 508 g/mol. The monoisotopic (exact) mass is 508 g/mol.